The van der Waals surface area contributed by atoms with Gasteiger partial charge in [-0.15, -0.1) is 0 Å². The van der Waals surface area contributed by atoms with Crippen molar-refractivity contribution >= 4 is 27.5 Å². The molecule has 8 heteroatoms. The van der Waals surface area contributed by atoms with E-state index in [-0.39, 0.29) is 11.9 Å². The zero-order valence-electron chi connectivity index (χ0n) is 12.0. The molecule has 0 aromatic carbocycles. The van der Waals surface area contributed by atoms with Crippen molar-refractivity contribution in [1.29, 1.82) is 0 Å². The summed E-state index contributed by atoms with van der Waals surface area (Å²) in [5.74, 6) is 1.24. The number of sulfone groups is 1. The van der Waals surface area contributed by atoms with Gasteiger partial charge in [0, 0.05) is 50.5 Å². The fourth-order valence-electron chi connectivity index (χ4n) is 2.65. The van der Waals surface area contributed by atoms with Crippen LogP contribution in [0.2, 0.25) is 0 Å². The van der Waals surface area contributed by atoms with E-state index < -0.39 is 15.2 Å². The summed E-state index contributed by atoms with van der Waals surface area (Å²) in [7, 11) is -3.23. The molecule has 2 heterocycles. The number of carbonyl (C=O) groups excluding carboxylic acids is 1. The number of rotatable bonds is 3. The van der Waals surface area contributed by atoms with Gasteiger partial charge in [0.1, 0.15) is 5.37 Å². The second kappa shape index (κ2) is 6.64. The van der Waals surface area contributed by atoms with Gasteiger partial charge in [0.2, 0.25) is 5.91 Å². The van der Waals surface area contributed by atoms with Crippen LogP contribution in [-0.4, -0.2) is 86.0 Å². The van der Waals surface area contributed by atoms with E-state index in [4.69, 9.17) is 0 Å². The molecule has 0 saturated carbocycles. The molecule has 2 saturated heterocycles. The molecule has 0 radical (unpaired) electrons. The molecule has 0 aromatic rings. The summed E-state index contributed by atoms with van der Waals surface area (Å²) in [6, 6.07) is -0.246. The van der Waals surface area contributed by atoms with Gasteiger partial charge in [0.15, 0.2) is 9.84 Å². The number of carbonyl (C=O) groups is 1. The Morgan fingerprint density at radius 3 is 2.55 bits per heavy atom. The highest BCUT2D eigenvalue weighted by atomic mass is 32.2. The van der Waals surface area contributed by atoms with Crippen LogP contribution in [0.1, 0.15) is 6.92 Å². The summed E-state index contributed by atoms with van der Waals surface area (Å²) in [5.41, 5.74) is 0. The Hall–Kier alpha value is -0.310. The zero-order valence-corrected chi connectivity index (χ0v) is 13.7. The van der Waals surface area contributed by atoms with Crippen molar-refractivity contribution in [3.05, 3.63) is 0 Å². The van der Waals surface area contributed by atoms with Gasteiger partial charge < -0.3 is 10.2 Å². The molecule has 6 nitrogen and oxygen atoms in total. The first-order valence-corrected chi connectivity index (χ1v) is 10.0. The van der Waals surface area contributed by atoms with Gasteiger partial charge >= 0.3 is 0 Å². The Balaban J connectivity index is 2.08. The highest BCUT2D eigenvalue weighted by molar-refractivity contribution is 8.00. The van der Waals surface area contributed by atoms with Gasteiger partial charge in [-0.1, -0.05) is 0 Å². The van der Waals surface area contributed by atoms with E-state index in [2.05, 4.69) is 10.2 Å². The lowest BCUT2D eigenvalue weighted by molar-refractivity contribution is -0.137. The Morgan fingerprint density at radius 2 is 1.95 bits per heavy atom. The summed E-state index contributed by atoms with van der Waals surface area (Å²) in [6.07, 6.45) is 1.22. The second-order valence-corrected chi connectivity index (χ2v) is 8.71. The lowest BCUT2D eigenvalue weighted by atomic mass is 10.2. The van der Waals surface area contributed by atoms with Crippen molar-refractivity contribution in [3.8, 4) is 0 Å². The molecule has 0 aliphatic carbocycles. The average molecular weight is 321 g/mol. The predicted molar refractivity (Wildman–Crippen MR) is 81.6 cm³/mol. The highest BCUT2D eigenvalue weighted by Gasteiger charge is 2.37. The molecule has 0 bridgehead atoms. The van der Waals surface area contributed by atoms with Crippen molar-refractivity contribution in [2.45, 2.75) is 18.3 Å². The number of hydrogen-bond donors (Lipinski definition) is 1. The van der Waals surface area contributed by atoms with Gasteiger partial charge in [-0.05, 0) is 6.92 Å². The number of nitrogens with one attached hydrogen (secondary N) is 1. The summed E-state index contributed by atoms with van der Waals surface area (Å²) in [5, 5.41) is 2.59. The van der Waals surface area contributed by atoms with Crippen LogP contribution in [0.25, 0.3) is 0 Å². The Morgan fingerprint density at radius 1 is 1.30 bits per heavy atom. The van der Waals surface area contributed by atoms with Gasteiger partial charge in [-0.3, -0.25) is 9.69 Å². The van der Waals surface area contributed by atoms with Crippen molar-refractivity contribution in [1.82, 2.24) is 15.1 Å². The van der Waals surface area contributed by atoms with Crippen molar-refractivity contribution in [2.75, 3.05) is 50.5 Å². The largest absolute Gasteiger partial charge is 0.323 e. The molecule has 0 spiro atoms. The molecule has 116 valence electrons. The third kappa shape index (κ3) is 3.66. The molecular weight excluding hydrogens is 298 g/mol. The van der Waals surface area contributed by atoms with Gasteiger partial charge in [-0.2, -0.15) is 11.8 Å². The van der Waals surface area contributed by atoms with Gasteiger partial charge in [-0.25, -0.2) is 8.42 Å². The summed E-state index contributed by atoms with van der Waals surface area (Å²) in [6.45, 7) is 5.83. The number of thioether (sulfide) groups is 1. The first-order chi connectivity index (χ1) is 9.41. The van der Waals surface area contributed by atoms with E-state index in [1.54, 1.807) is 16.7 Å². The molecule has 2 aliphatic rings. The third-order valence-corrected chi connectivity index (χ3v) is 6.56. The fourth-order valence-corrected chi connectivity index (χ4v) is 5.48. The Kier molecular flexibility index (Phi) is 5.33. The fraction of sp³-hybridized carbons (Fsp3) is 0.917. The van der Waals surface area contributed by atoms with E-state index >= 15 is 0 Å². The molecule has 2 aliphatic heterocycles. The van der Waals surface area contributed by atoms with Crippen molar-refractivity contribution in [3.63, 3.8) is 0 Å². The van der Waals surface area contributed by atoms with Crippen molar-refractivity contribution < 1.29 is 13.2 Å². The van der Waals surface area contributed by atoms with Crippen LogP contribution in [0.5, 0.6) is 0 Å². The minimum absolute atomic E-state index is 0.0531. The summed E-state index contributed by atoms with van der Waals surface area (Å²) < 4.78 is 23.7. The zero-order chi connectivity index (χ0) is 14.8. The minimum atomic E-state index is -3.23. The number of nitrogens with zero attached hydrogens (tertiary/aromatic N) is 2. The number of hydrogen-bond acceptors (Lipinski definition) is 6. The van der Waals surface area contributed by atoms with Crippen LogP contribution in [0.3, 0.4) is 0 Å². The van der Waals surface area contributed by atoms with Gasteiger partial charge in [0.05, 0.1) is 6.04 Å². The molecule has 1 N–H and O–H groups in total. The summed E-state index contributed by atoms with van der Waals surface area (Å²) >= 11 is 1.60. The molecule has 2 fully saturated rings. The molecule has 2 rings (SSSR count). The molecule has 2 unspecified atom stereocenters. The second-order valence-electron chi connectivity index (χ2n) is 5.35. The maximum absolute atomic E-state index is 12.6. The quantitative estimate of drug-likeness (QED) is 0.736. The SMILES string of the molecule is CC(C(=O)N1CCSCC1S(C)(=O)=O)N1CCNCC1. The molecule has 2 atom stereocenters. The van der Waals surface area contributed by atoms with E-state index in [0.29, 0.717) is 12.3 Å². The van der Waals surface area contributed by atoms with Crippen LogP contribution in [-0.2, 0) is 14.6 Å². The standard InChI is InChI=1S/C12H23N3O3S2/c1-10(14-5-3-13-4-6-14)12(16)15-7-8-19-9-11(15)20(2,17)18/h10-11,13H,3-9H2,1-2H3. The van der Waals surface area contributed by atoms with E-state index in [9.17, 15) is 13.2 Å². The molecule has 0 aromatic heterocycles. The minimum Gasteiger partial charge on any atom is -0.323 e. The van der Waals surface area contributed by atoms with E-state index in [1.807, 2.05) is 6.92 Å². The van der Waals surface area contributed by atoms with Crippen LogP contribution in [0, 0.1) is 0 Å². The van der Waals surface area contributed by atoms with Crippen LogP contribution < -0.4 is 5.32 Å². The Bertz CT molecular complexity index is 449. The molecule has 1 amide bonds. The lowest BCUT2D eigenvalue weighted by Gasteiger charge is -2.39. The van der Waals surface area contributed by atoms with Gasteiger partial charge in [0.25, 0.3) is 0 Å². The van der Waals surface area contributed by atoms with Crippen LogP contribution >= 0.6 is 11.8 Å². The first-order valence-electron chi connectivity index (χ1n) is 6.93. The molecular formula is C12H23N3O3S2. The maximum Gasteiger partial charge on any atom is 0.240 e. The first kappa shape index (κ1) is 16.1. The smallest absolute Gasteiger partial charge is 0.240 e. The monoisotopic (exact) mass is 321 g/mol. The molecule has 20 heavy (non-hydrogen) atoms. The normalized spacial score (nSPS) is 27.3. The van der Waals surface area contributed by atoms with E-state index in [0.717, 1.165) is 31.9 Å². The van der Waals surface area contributed by atoms with E-state index in [1.165, 1.54) is 6.26 Å². The van der Waals surface area contributed by atoms with Crippen molar-refractivity contribution in [2.24, 2.45) is 0 Å². The van der Waals surface area contributed by atoms with Crippen LogP contribution in [0.4, 0.5) is 0 Å². The number of piperazine rings is 1. The third-order valence-electron chi connectivity index (χ3n) is 3.92. The lowest BCUT2D eigenvalue weighted by Crippen LogP contribution is -2.58. The topological polar surface area (TPSA) is 69.7 Å². The maximum atomic E-state index is 12.6. The predicted octanol–water partition coefficient (Wildman–Crippen LogP) is -0.774. The number of amides is 1. The average Bonchev–Trinajstić information content (AvgIpc) is 2.46. The summed E-state index contributed by atoms with van der Waals surface area (Å²) in [4.78, 5) is 16.3. The Labute approximate surface area is 125 Å². The van der Waals surface area contributed by atoms with Crippen LogP contribution in [0.15, 0.2) is 0 Å². The highest BCUT2D eigenvalue weighted by Crippen LogP contribution is 2.22.